The molecule has 2 aromatic rings. The molecule has 0 radical (unpaired) electrons. The number of likely N-dealkylation sites (N-methyl/N-ethyl adjacent to an activating group) is 1. The summed E-state index contributed by atoms with van der Waals surface area (Å²) in [7, 11) is 2.07. The smallest absolute Gasteiger partial charge is 0.253 e. The van der Waals surface area contributed by atoms with Crippen LogP contribution >= 0.6 is 0 Å². The Morgan fingerprint density at radius 1 is 1.08 bits per heavy atom. The molecule has 1 aromatic carbocycles. The molecular weight excluding hydrogens is 306 g/mol. The molecular formula is C17H25N5O2. The van der Waals surface area contributed by atoms with Gasteiger partial charge in [-0.05, 0) is 27.8 Å². The lowest BCUT2D eigenvalue weighted by Crippen LogP contribution is -2.50. The minimum absolute atomic E-state index is 0.361. The van der Waals surface area contributed by atoms with E-state index in [2.05, 4.69) is 29.3 Å². The van der Waals surface area contributed by atoms with Crippen LogP contribution in [-0.2, 0) is 13.1 Å². The van der Waals surface area contributed by atoms with E-state index in [1.165, 1.54) is 0 Å². The molecule has 1 saturated heterocycles. The summed E-state index contributed by atoms with van der Waals surface area (Å²) in [6.45, 7) is 10.8. The van der Waals surface area contributed by atoms with E-state index in [0.29, 0.717) is 17.9 Å². The number of hydrogen-bond donors (Lipinski definition) is 1. The Morgan fingerprint density at radius 3 is 2.33 bits per heavy atom. The third-order valence-corrected chi connectivity index (χ3v) is 4.98. The third-order valence-electron chi connectivity index (χ3n) is 4.98. The minimum atomic E-state index is -0.401. The highest BCUT2D eigenvalue weighted by Crippen LogP contribution is 2.23. The first-order valence-corrected chi connectivity index (χ1v) is 8.47. The summed E-state index contributed by atoms with van der Waals surface area (Å²) < 4.78 is 1.95. The molecule has 0 atom stereocenters. The zero-order chi connectivity index (χ0) is 17.4. The monoisotopic (exact) mass is 331 g/mol. The van der Waals surface area contributed by atoms with E-state index in [9.17, 15) is 9.59 Å². The zero-order valence-electron chi connectivity index (χ0n) is 14.8. The van der Waals surface area contributed by atoms with E-state index >= 15 is 0 Å². The predicted octanol–water partition coefficient (Wildman–Crippen LogP) is 0.480. The maximum absolute atomic E-state index is 12.0. The molecule has 130 valence electrons. The van der Waals surface area contributed by atoms with Gasteiger partial charge >= 0.3 is 0 Å². The van der Waals surface area contributed by atoms with Gasteiger partial charge in [0.2, 0.25) is 0 Å². The van der Waals surface area contributed by atoms with Crippen LogP contribution in [0, 0.1) is 13.8 Å². The van der Waals surface area contributed by atoms with Gasteiger partial charge < -0.3 is 15.1 Å². The molecule has 7 nitrogen and oxygen atoms in total. The Bertz CT molecular complexity index is 808. The third kappa shape index (κ3) is 2.73. The Hall–Kier alpha value is -2.15. The molecule has 1 aromatic heterocycles. The Labute approximate surface area is 141 Å². The van der Waals surface area contributed by atoms with E-state index in [-0.39, 0.29) is 5.43 Å². The predicted molar refractivity (Wildman–Crippen MR) is 95.8 cm³/mol. The summed E-state index contributed by atoms with van der Waals surface area (Å²) in [5.41, 5.74) is 3.42. The molecule has 1 aliphatic heterocycles. The van der Waals surface area contributed by atoms with Crippen molar-refractivity contribution in [3.8, 4) is 0 Å². The second-order valence-electron chi connectivity index (χ2n) is 6.49. The first kappa shape index (κ1) is 16.7. The molecule has 0 saturated carbocycles. The van der Waals surface area contributed by atoms with Crippen molar-refractivity contribution in [3.05, 3.63) is 37.4 Å². The maximum atomic E-state index is 12.0. The highest BCUT2D eigenvalue weighted by Gasteiger charge is 2.28. The van der Waals surface area contributed by atoms with Crippen molar-refractivity contribution in [2.45, 2.75) is 33.9 Å². The molecule has 0 aliphatic carbocycles. The van der Waals surface area contributed by atoms with Crippen LogP contribution in [0.3, 0.4) is 0 Å². The number of nitrogens with zero attached hydrogens (tertiary/aromatic N) is 4. The van der Waals surface area contributed by atoms with Crippen molar-refractivity contribution in [3.63, 3.8) is 0 Å². The SMILES string of the molecule is CCn1nc(C)c(CNc2c(N3CCN(C)CC3)c(=O)c2=O)c1C. The number of piperazine rings is 1. The summed E-state index contributed by atoms with van der Waals surface area (Å²) in [4.78, 5) is 28.3. The number of hydrogen-bond acceptors (Lipinski definition) is 6. The van der Waals surface area contributed by atoms with Crippen LogP contribution in [0.2, 0.25) is 0 Å². The van der Waals surface area contributed by atoms with E-state index in [1.807, 2.05) is 23.4 Å². The second-order valence-corrected chi connectivity index (χ2v) is 6.49. The van der Waals surface area contributed by atoms with Crippen molar-refractivity contribution < 1.29 is 0 Å². The molecule has 24 heavy (non-hydrogen) atoms. The van der Waals surface area contributed by atoms with E-state index in [4.69, 9.17) is 0 Å². The highest BCUT2D eigenvalue weighted by atomic mass is 16.2. The van der Waals surface area contributed by atoms with Crippen LogP contribution in [0.1, 0.15) is 23.9 Å². The van der Waals surface area contributed by atoms with E-state index in [1.54, 1.807) is 0 Å². The number of rotatable bonds is 5. The van der Waals surface area contributed by atoms with Gasteiger partial charge in [0.25, 0.3) is 10.9 Å². The summed E-state index contributed by atoms with van der Waals surface area (Å²) in [6.07, 6.45) is 0. The van der Waals surface area contributed by atoms with Crippen LogP contribution < -0.4 is 21.1 Å². The average Bonchev–Trinajstić information content (AvgIpc) is 2.86. The standard InChI is InChI=1S/C17H25N5O2/c1-5-22-12(3)13(11(2)19-22)10-18-14-15(17(24)16(14)23)21-8-6-20(4)7-9-21/h18H,5-10H2,1-4H3. The van der Waals surface area contributed by atoms with Crippen molar-refractivity contribution in [2.24, 2.45) is 0 Å². The molecule has 0 bridgehead atoms. The van der Waals surface area contributed by atoms with Gasteiger partial charge in [-0.2, -0.15) is 5.10 Å². The fraction of sp³-hybridized carbons (Fsp3) is 0.588. The number of aromatic nitrogens is 2. The first-order valence-electron chi connectivity index (χ1n) is 8.47. The summed E-state index contributed by atoms with van der Waals surface area (Å²) in [6, 6.07) is 0. The maximum Gasteiger partial charge on any atom is 0.253 e. The molecule has 1 aliphatic rings. The van der Waals surface area contributed by atoms with Gasteiger partial charge in [0.1, 0.15) is 11.4 Å². The average molecular weight is 331 g/mol. The Balaban J connectivity index is 1.77. The number of anilines is 2. The zero-order valence-corrected chi connectivity index (χ0v) is 14.8. The summed E-state index contributed by atoms with van der Waals surface area (Å²) in [5.74, 6) is 0. The normalized spacial score (nSPS) is 16.1. The van der Waals surface area contributed by atoms with Gasteiger partial charge in [-0.25, -0.2) is 0 Å². The van der Waals surface area contributed by atoms with Gasteiger partial charge in [-0.1, -0.05) is 0 Å². The van der Waals surface area contributed by atoms with Crippen LogP contribution in [-0.4, -0.2) is 47.9 Å². The van der Waals surface area contributed by atoms with Gasteiger partial charge in [0.15, 0.2) is 0 Å². The Morgan fingerprint density at radius 2 is 1.75 bits per heavy atom. The molecule has 0 spiro atoms. The topological polar surface area (TPSA) is 70.5 Å². The molecule has 1 fully saturated rings. The van der Waals surface area contributed by atoms with E-state index < -0.39 is 5.43 Å². The van der Waals surface area contributed by atoms with Gasteiger partial charge in [-0.3, -0.25) is 14.3 Å². The highest BCUT2D eigenvalue weighted by molar-refractivity contribution is 5.75. The lowest BCUT2D eigenvalue weighted by Gasteiger charge is -2.35. The summed E-state index contributed by atoms with van der Waals surface area (Å²) in [5, 5.41) is 7.69. The fourth-order valence-electron chi connectivity index (χ4n) is 3.35. The van der Waals surface area contributed by atoms with Crippen molar-refractivity contribution >= 4 is 11.4 Å². The lowest BCUT2D eigenvalue weighted by molar-refractivity contribution is 0.312. The molecule has 3 rings (SSSR count). The number of aryl methyl sites for hydroxylation is 2. The van der Waals surface area contributed by atoms with Crippen LogP contribution in [0.25, 0.3) is 0 Å². The Kier molecular flexibility index (Phi) is 4.45. The quantitative estimate of drug-likeness (QED) is 0.804. The fourth-order valence-corrected chi connectivity index (χ4v) is 3.35. The first-order chi connectivity index (χ1) is 11.4. The largest absolute Gasteiger partial charge is 0.376 e. The molecule has 7 heteroatoms. The van der Waals surface area contributed by atoms with Crippen molar-refractivity contribution in [1.29, 1.82) is 0 Å². The van der Waals surface area contributed by atoms with Crippen LogP contribution in [0.5, 0.6) is 0 Å². The second kappa shape index (κ2) is 6.39. The molecule has 0 unspecified atom stereocenters. The molecule has 0 amide bonds. The van der Waals surface area contributed by atoms with E-state index in [0.717, 1.165) is 49.7 Å². The van der Waals surface area contributed by atoms with Crippen molar-refractivity contribution in [1.82, 2.24) is 14.7 Å². The van der Waals surface area contributed by atoms with Gasteiger partial charge in [-0.15, -0.1) is 0 Å². The minimum Gasteiger partial charge on any atom is -0.376 e. The van der Waals surface area contributed by atoms with Crippen LogP contribution in [0.15, 0.2) is 9.59 Å². The van der Waals surface area contributed by atoms with Crippen LogP contribution in [0.4, 0.5) is 11.4 Å². The molecule has 1 N–H and O–H groups in total. The summed E-state index contributed by atoms with van der Waals surface area (Å²) >= 11 is 0. The molecule has 2 heterocycles. The van der Waals surface area contributed by atoms with Crippen molar-refractivity contribution in [2.75, 3.05) is 43.4 Å². The van der Waals surface area contributed by atoms with Gasteiger partial charge in [0, 0.05) is 50.5 Å². The van der Waals surface area contributed by atoms with Gasteiger partial charge in [0.05, 0.1) is 5.69 Å². The number of nitrogens with one attached hydrogen (secondary N) is 1. The lowest BCUT2D eigenvalue weighted by atomic mass is 10.1.